The van der Waals surface area contributed by atoms with Gasteiger partial charge >= 0.3 is 11.9 Å². The molecule has 0 atom stereocenters. The second-order valence-electron chi connectivity index (χ2n) is 4.20. The third kappa shape index (κ3) is 5.23. The summed E-state index contributed by atoms with van der Waals surface area (Å²) in [6.07, 6.45) is 0. The van der Waals surface area contributed by atoms with E-state index in [1.54, 1.807) is 18.2 Å². The molecule has 0 amide bonds. The Kier molecular flexibility index (Phi) is 5.71. The molecule has 0 aromatic heterocycles. The first-order chi connectivity index (χ1) is 8.49. The van der Waals surface area contributed by atoms with Crippen molar-refractivity contribution >= 4 is 23.7 Å². The molecule has 0 aliphatic carbocycles. The molecule has 0 radical (unpaired) electrons. The van der Waals surface area contributed by atoms with Crippen LogP contribution in [-0.4, -0.2) is 29.4 Å². The van der Waals surface area contributed by atoms with Crippen LogP contribution in [0.15, 0.2) is 29.2 Å². The van der Waals surface area contributed by atoms with E-state index >= 15 is 0 Å². The van der Waals surface area contributed by atoms with Crippen LogP contribution in [0.2, 0.25) is 0 Å². The Morgan fingerprint density at radius 2 is 2.11 bits per heavy atom. The van der Waals surface area contributed by atoms with E-state index < -0.39 is 5.97 Å². The smallest absolute Gasteiger partial charge is 0.335 e. The van der Waals surface area contributed by atoms with E-state index in [1.165, 1.54) is 17.8 Å². The minimum absolute atomic E-state index is 0.190. The van der Waals surface area contributed by atoms with E-state index in [2.05, 4.69) is 0 Å². The lowest BCUT2D eigenvalue weighted by atomic mass is 10.2. The summed E-state index contributed by atoms with van der Waals surface area (Å²) in [6.45, 7) is 4.35. The predicted octanol–water partition coefficient (Wildman–Crippen LogP) is 2.68. The number of carbonyl (C=O) groups excluding carboxylic acids is 1. The average molecular weight is 268 g/mol. The number of benzene rings is 1. The summed E-state index contributed by atoms with van der Waals surface area (Å²) < 4.78 is 5.03. The molecule has 0 heterocycles. The highest BCUT2D eigenvalue weighted by Crippen LogP contribution is 2.19. The van der Waals surface area contributed by atoms with Crippen LogP contribution in [0.25, 0.3) is 0 Å². The number of thioether (sulfide) groups is 1. The number of rotatable bonds is 6. The van der Waals surface area contributed by atoms with Crippen molar-refractivity contribution in [1.82, 2.24) is 0 Å². The van der Waals surface area contributed by atoms with E-state index in [9.17, 15) is 9.59 Å². The van der Waals surface area contributed by atoms with Crippen molar-refractivity contribution in [2.24, 2.45) is 5.92 Å². The summed E-state index contributed by atoms with van der Waals surface area (Å²) in [6, 6.07) is 6.49. The molecule has 0 saturated heterocycles. The van der Waals surface area contributed by atoms with E-state index in [-0.39, 0.29) is 17.3 Å². The fraction of sp³-hybridized carbons (Fsp3) is 0.385. The molecule has 0 saturated carbocycles. The number of carboxylic acid groups (broad SMARTS) is 1. The van der Waals surface area contributed by atoms with Crippen molar-refractivity contribution < 1.29 is 19.4 Å². The van der Waals surface area contributed by atoms with E-state index in [0.717, 1.165) is 4.90 Å². The minimum atomic E-state index is -0.972. The van der Waals surface area contributed by atoms with E-state index in [4.69, 9.17) is 9.84 Å². The second-order valence-corrected chi connectivity index (χ2v) is 5.25. The summed E-state index contributed by atoms with van der Waals surface area (Å²) in [5, 5.41) is 8.83. The molecule has 1 aromatic rings. The van der Waals surface area contributed by atoms with Gasteiger partial charge in [0.15, 0.2) is 0 Å². The number of hydrogen-bond acceptors (Lipinski definition) is 4. The third-order valence-electron chi connectivity index (χ3n) is 2.02. The van der Waals surface area contributed by atoms with Crippen LogP contribution < -0.4 is 0 Å². The highest BCUT2D eigenvalue weighted by atomic mass is 32.2. The van der Waals surface area contributed by atoms with Gasteiger partial charge in [-0.2, -0.15) is 0 Å². The lowest BCUT2D eigenvalue weighted by Crippen LogP contribution is -2.11. The normalized spacial score (nSPS) is 10.4. The maximum atomic E-state index is 11.4. The first-order valence-electron chi connectivity index (χ1n) is 5.61. The SMILES string of the molecule is CC(C)COC(=O)CSc1cccc(C(=O)O)c1. The molecule has 18 heavy (non-hydrogen) atoms. The topological polar surface area (TPSA) is 63.6 Å². The zero-order valence-corrected chi connectivity index (χ0v) is 11.2. The largest absolute Gasteiger partial charge is 0.478 e. The van der Waals surface area contributed by atoms with Gasteiger partial charge in [-0.15, -0.1) is 11.8 Å². The lowest BCUT2D eigenvalue weighted by molar-refractivity contribution is -0.141. The molecule has 1 rings (SSSR count). The Morgan fingerprint density at radius 1 is 1.39 bits per heavy atom. The maximum Gasteiger partial charge on any atom is 0.335 e. The Labute approximate surface area is 110 Å². The molecule has 4 nitrogen and oxygen atoms in total. The Hall–Kier alpha value is -1.49. The van der Waals surface area contributed by atoms with Gasteiger partial charge in [0.05, 0.1) is 17.9 Å². The van der Waals surface area contributed by atoms with Crippen LogP contribution in [0, 0.1) is 5.92 Å². The zero-order valence-electron chi connectivity index (χ0n) is 10.4. The number of carbonyl (C=O) groups is 2. The minimum Gasteiger partial charge on any atom is -0.478 e. The molecule has 0 spiro atoms. The van der Waals surface area contributed by atoms with Crippen LogP contribution in [0.3, 0.4) is 0 Å². The quantitative estimate of drug-likeness (QED) is 0.635. The molecule has 0 bridgehead atoms. The summed E-state index contributed by atoms with van der Waals surface area (Å²) >= 11 is 1.27. The van der Waals surface area contributed by atoms with Crippen molar-refractivity contribution in [1.29, 1.82) is 0 Å². The molecular weight excluding hydrogens is 252 g/mol. The summed E-state index contributed by atoms with van der Waals surface area (Å²) in [5.74, 6) is -0.751. The number of aromatic carboxylic acids is 1. The van der Waals surface area contributed by atoms with Gasteiger partial charge in [0.1, 0.15) is 0 Å². The van der Waals surface area contributed by atoms with Crippen LogP contribution >= 0.6 is 11.8 Å². The monoisotopic (exact) mass is 268 g/mol. The van der Waals surface area contributed by atoms with Gasteiger partial charge in [-0.05, 0) is 24.1 Å². The van der Waals surface area contributed by atoms with Gasteiger partial charge in [0.25, 0.3) is 0 Å². The molecule has 0 aliphatic heterocycles. The fourth-order valence-electron chi connectivity index (χ4n) is 1.16. The Morgan fingerprint density at radius 3 is 2.72 bits per heavy atom. The van der Waals surface area contributed by atoms with Crippen molar-refractivity contribution in [3.8, 4) is 0 Å². The highest BCUT2D eigenvalue weighted by molar-refractivity contribution is 8.00. The van der Waals surface area contributed by atoms with Crippen molar-refractivity contribution in [3.63, 3.8) is 0 Å². The third-order valence-corrected chi connectivity index (χ3v) is 2.98. The van der Waals surface area contributed by atoms with Gasteiger partial charge in [-0.3, -0.25) is 4.79 Å². The number of hydrogen-bond donors (Lipinski definition) is 1. The summed E-state index contributed by atoms with van der Waals surface area (Å²) in [5.41, 5.74) is 0.218. The molecular formula is C13H16O4S. The van der Waals surface area contributed by atoms with Crippen LogP contribution in [0.4, 0.5) is 0 Å². The Balaban J connectivity index is 2.46. The van der Waals surface area contributed by atoms with Crippen LogP contribution in [0.1, 0.15) is 24.2 Å². The fourth-order valence-corrected chi connectivity index (χ4v) is 1.92. The van der Waals surface area contributed by atoms with Crippen LogP contribution in [0.5, 0.6) is 0 Å². The van der Waals surface area contributed by atoms with Gasteiger partial charge in [-0.1, -0.05) is 19.9 Å². The molecule has 98 valence electrons. The zero-order chi connectivity index (χ0) is 13.5. The van der Waals surface area contributed by atoms with Gasteiger partial charge < -0.3 is 9.84 Å². The molecule has 0 unspecified atom stereocenters. The van der Waals surface area contributed by atoms with Crippen molar-refractivity contribution in [3.05, 3.63) is 29.8 Å². The molecule has 0 fully saturated rings. The molecule has 0 aliphatic rings. The first-order valence-corrected chi connectivity index (χ1v) is 6.59. The standard InChI is InChI=1S/C13H16O4S/c1-9(2)7-17-12(14)8-18-11-5-3-4-10(6-11)13(15)16/h3-6,9H,7-8H2,1-2H3,(H,15,16). The molecule has 1 aromatic carbocycles. The number of esters is 1. The lowest BCUT2D eigenvalue weighted by Gasteiger charge is -2.07. The summed E-state index contributed by atoms with van der Waals surface area (Å²) in [7, 11) is 0. The molecule has 1 N–H and O–H groups in total. The Bertz CT molecular complexity index is 429. The van der Waals surface area contributed by atoms with Crippen molar-refractivity contribution in [2.75, 3.05) is 12.4 Å². The highest BCUT2D eigenvalue weighted by Gasteiger charge is 2.07. The number of ether oxygens (including phenoxy) is 1. The van der Waals surface area contributed by atoms with Crippen molar-refractivity contribution in [2.45, 2.75) is 18.7 Å². The second kappa shape index (κ2) is 7.06. The maximum absolute atomic E-state index is 11.4. The van der Waals surface area contributed by atoms with Gasteiger partial charge in [0, 0.05) is 4.90 Å². The predicted molar refractivity (Wildman–Crippen MR) is 69.9 cm³/mol. The van der Waals surface area contributed by atoms with E-state index in [1.807, 2.05) is 13.8 Å². The average Bonchev–Trinajstić information content (AvgIpc) is 2.34. The first kappa shape index (κ1) is 14.6. The number of carboxylic acids is 1. The van der Waals surface area contributed by atoms with E-state index in [0.29, 0.717) is 12.5 Å². The van der Waals surface area contributed by atoms with Gasteiger partial charge in [0.2, 0.25) is 0 Å². The van der Waals surface area contributed by atoms with Crippen LogP contribution in [-0.2, 0) is 9.53 Å². The summed E-state index contributed by atoms with van der Waals surface area (Å²) in [4.78, 5) is 22.9. The van der Waals surface area contributed by atoms with Gasteiger partial charge in [-0.25, -0.2) is 4.79 Å². The molecule has 5 heteroatoms.